The number of carbonyl (C=O) groups is 2. The number of aliphatic carboxylic acids is 1. The highest BCUT2D eigenvalue weighted by molar-refractivity contribution is 5.89. The first-order valence-corrected chi connectivity index (χ1v) is 6.43. The number of aromatic nitrogens is 2. The van der Waals surface area contributed by atoms with Gasteiger partial charge in [0.1, 0.15) is 6.54 Å². The molecule has 8 nitrogen and oxygen atoms in total. The zero-order valence-corrected chi connectivity index (χ0v) is 11.2. The van der Waals surface area contributed by atoms with E-state index in [2.05, 4.69) is 15.7 Å². The molecule has 3 N–H and O–H groups in total. The number of hydrogen-bond donors (Lipinski definition) is 3. The third kappa shape index (κ3) is 3.70. The molecule has 2 amide bonds. The molecule has 8 heteroatoms. The van der Waals surface area contributed by atoms with Gasteiger partial charge in [0, 0.05) is 13.3 Å². The Hall–Kier alpha value is -2.09. The van der Waals surface area contributed by atoms with Gasteiger partial charge in [0.05, 0.1) is 24.0 Å². The van der Waals surface area contributed by atoms with Gasteiger partial charge in [-0.25, -0.2) is 4.79 Å². The molecule has 0 aromatic carbocycles. The zero-order valence-electron chi connectivity index (χ0n) is 11.2. The smallest absolute Gasteiger partial charge is 0.325 e. The molecule has 1 fully saturated rings. The number of carboxylic acid groups (broad SMARTS) is 1. The second kappa shape index (κ2) is 6.38. The number of ether oxygens (including phenoxy) is 1. The van der Waals surface area contributed by atoms with Crippen molar-refractivity contribution in [2.45, 2.75) is 38.0 Å². The van der Waals surface area contributed by atoms with Crippen LogP contribution in [-0.4, -0.2) is 46.1 Å². The van der Waals surface area contributed by atoms with Crippen LogP contribution < -0.4 is 10.6 Å². The molecular formula is C12H18N4O4. The average molecular weight is 282 g/mol. The largest absolute Gasteiger partial charge is 0.480 e. The number of nitrogens with zero attached hydrogens (tertiary/aromatic N) is 2. The first-order chi connectivity index (χ1) is 9.58. The van der Waals surface area contributed by atoms with Crippen LogP contribution >= 0.6 is 0 Å². The van der Waals surface area contributed by atoms with Gasteiger partial charge in [-0.3, -0.25) is 9.48 Å². The highest BCUT2D eigenvalue weighted by atomic mass is 16.5. The zero-order chi connectivity index (χ0) is 14.5. The van der Waals surface area contributed by atoms with E-state index in [-0.39, 0.29) is 24.7 Å². The van der Waals surface area contributed by atoms with E-state index in [1.807, 2.05) is 0 Å². The van der Waals surface area contributed by atoms with Crippen molar-refractivity contribution in [2.24, 2.45) is 0 Å². The second-order valence-electron chi connectivity index (χ2n) is 4.73. The van der Waals surface area contributed by atoms with Gasteiger partial charge in [-0.05, 0) is 19.3 Å². The molecule has 0 spiro atoms. The molecule has 1 aliphatic rings. The van der Waals surface area contributed by atoms with E-state index >= 15 is 0 Å². The van der Waals surface area contributed by atoms with E-state index in [1.165, 1.54) is 17.1 Å². The molecule has 20 heavy (non-hydrogen) atoms. The third-order valence-electron chi connectivity index (χ3n) is 3.26. The summed E-state index contributed by atoms with van der Waals surface area (Å²) in [6.45, 7) is -0.238. The van der Waals surface area contributed by atoms with Crippen molar-refractivity contribution in [1.82, 2.24) is 15.1 Å². The van der Waals surface area contributed by atoms with E-state index in [0.717, 1.165) is 19.3 Å². The van der Waals surface area contributed by atoms with Crippen molar-refractivity contribution in [3.05, 3.63) is 12.4 Å². The van der Waals surface area contributed by atoms with Gasteiger partial charge in [-0.15, -0.1) is 0 Å². The second-order valence-corrected chi connectivity index (χ2v) is 4.73. The molecule has 0 saturated heterocycles. The van der Waals surface area contributed by atoms with Gasteiger partial charge < -0.3 is 20.5 Å². The summed E-state index contributed by atoms with van der Waals surface area (Å²) in [6, 6.07) is -0.331. The molecule has 2 rings (SSSR count). The van der Waals surface area contributed by atoms with Crippen LogP contribution in [0.1, 0.15) is 19.3 Å². The molecule has 1 heterocycles. The van der Waals surface area contributed by atoms with E-state index < -0.39 is 5.97 Å². The van der Waals surface area contributed by atoms with Crippen molar-refractivity contribution in [3.8, 4) is 0 Å². The number of hydrogen-bond acceptors (Lipinski definition) is 4. The van der Waals surface area contributed by atoms with Gasteiger partial charge in [-0.1, -0.05) is 0 Å². The summed E-state index contributed by atoms with van der Waals surface area (Å²) in [5.74, 6) is -0.988. The standard InChI is InChI=1S/C12H18N4O4/c1-20-10-4-2-3-9(10)15-12(19)14-8-5-13-16(6-8)7-11(17)18/h5-6,9-10H,2-4,7H2,1H3,(H,17,18)(H2,14,15,19). The lowest BCUT2D eigenvalue weighted by atomic mass is 10.2. The number of urea groups is 1. The number of carboxylic acids is 1. The van der Waals surface area contributed by atoms with Crippen LogP contribution in [0.25, 0.3) is 0 Å². The molecule has 1 saturated carbocycles. The summed E-state index contributed by atoms with van der Waals surface area (Å²) in [7, 11) is 1.64. The summed E-state index contributed by atoms with van der Waals surface area (Å²) >= 11 is 0. The molecule has 1 aromatic heterocycles. The Kier molecular flexibility index (Phi) is 4.57. The van der Waals surface area contributed by atoms with E-state index in [9.17, 15) is 9.59 Å². The summed E-state index contributed by atoms with van der Waals surface area (Å²) < 4.78 is 6.54. The highest BCUT2D eigenvalue weighted by Gasteiger charge is 2.28. The topological polar surface area (TPSA) is 105 Å². The number of rotatable bonds is 5. The van der Waals surface area contributed by atoms with E-state index in [4.69, 9.17) is 9.84 Å². The minimum atomic E-state index is -0.988. The van der Waals surface area contributed by atoms with Gasteiger partial charge >= 0.3 is 12.0 Å². The van der Waals surface area contributed by atoms with Crippen LogP contribution in [-0.2, 0) is 16.1 Å². The van der Waals surface area contributed by atoms with Crippen LogP contribution in [0, 0.1) is 0 Å². The van der Waals surface area contributed by atoms with Crippen molar-refractivity contribution >= 4 is 17.7 Å². The molecule has 0 bridgehead atoms. The molecule has 0 aliphatic heterocycles. The highest BCUT2D eigenvalue weighted by Crippen LogP contribution is 2.21. The predicted molar refractivity (Wildman–Crippen MR) is 70.5 cm³/mol. The van der Waals surface area contributed by atoms with Gasteiger partial charge in [0.25, 0.3) is 0 Å². The van der Waals surface area contributed by atoms with Gasteiger partial charge in [0.15, 0.2) is 0 Å². The SMILES string of the molecule is COC1CCCC1NC(=O)Nc1cnn(CC(=O)O)c1. The number of carbonyl (C=O) groups excluding carboxylic acids is 1. The summed E-state index contributed by atoms with van der Waals surface area (Å²) in [4.78, 5) is 22.4. The molecule has 0 radical (unpaired) electrons. The van der Waals surface area contributed by atoms with E-state index in [1.54, 1.807) is 7.11 Å². The van der Waals surface area contributed by atoms with E-state index in [0.29, 0.717) is 5.69 Å². The summed E-state index contributed by atoms with van der Waals surface area (Å²) in [5.41, 5.74) is 0.454. The molecule has 110 valence electrons. The summed E-state index contributed by atoms with van der Waals surface area (Å²) in [5, 5.41) is 17.9. The average Bonchev–Trinajstić information content (AvgIpc) is 2.98. The Morgan fingerprint density at radius 1 is 1.55 bits per heavy atom. The van der Waals surface area contributed by atoms with Gasteiger partial charge in [-0.2, -0.15) is 5.10 Å². The molecule has 1 aromatic rings. The molecular weight excluding hydrogens is 264 g/mol. The van der Waals surface area contributed by atoms with Crippen LogP contribution in [0.15, 0.2) is 12.4 Å². The van der Waals surface area contributed by atoms with Crippen molar-refractivity contribution in [2.75, 3.05) is 12.4 Å². The Balaban J connectivity index is 1.85. The maximum Gasteiger partial charge on any atom is 0.325 e. The first kappa shape index (κ1) is 14.3. The van der Waals surface area contributed by atoms with Crippen LogP contribution in [0.5, 0.6) is 0 Å². The predicted octanol–water partition coefficient (Wildman–Crippen LogP) is 0.657. The fourth-order valence-electron chi connectivity index (χ4n) is 2.36. The quantitative estimate of drug-likeness (QED) is 0.735. The fourth-order valence-corrected chi connectivity index (χ4v) is 2.36. The first-order valence-electron chi connectivity index (χ1n) is 6.43. The van der Waals surface area contributed by atoms with Crippen molar-refractivity contribution in [1.29, 1.82) is 0 Å². The van der Waals surface area contributed by atoms with Crippen LogP contribution in [0.3, 0.4) is 0 Å². The Morgan fingerprint density at radius 3 is 3.05 bits per heavy atom. The Labute approximate surface area is 116 Å². The van der Waals surface area contributed by atoms with Crippen molar-refractivity contribution < 1.29 is 19.4 Å². The minimum Gasteiger partial charge on any atom is -0.480 e. The Bertz CT molecular complexity index is 488. The maximum absolute atomic E-state index is 11.8. The number of nitrogens with one attached hydrogen (secondary N) is 2. The fraction of sp³-hybridized carbons (Fsp3) is 0.583. The maximum atomic E-state index is 11.8. The van der Waals surface area contributed by atoms with Gasteiger partial charge in [0.2, 0.25) is 0 Å². The minimum absolute atomic E-state index is 0.00839. The lowest BCUT2D eigenvalue weighted by Crippen LogP contribution is -2.42. The van der Waals surface area contributed by atoms with Crippen LogP contribution in [0.4, 0.5) is 10.5 Å². The Morgan fingerprint density at radius 2 is 2.35 bits per heavy atom. The molecule has 2 atom stereocenters. The number of methoxy groups -OCH3 is 1. The lowest BCUT2D eigenvalue weighted by molar-refractivity contribution is -0.137. The van der Waals surface area contributed by atoms with Crippen molar-refractivity contribution in [3.63, 3.8) is 0 Å². The molecule has 2 unspecified atom stereocenters. The van der Waals surface area contributed by atoms with Crippen LogP contribution in [0.2, 0.25) is 0 Å². The molecule has 1 aliphatic carbocycles. The lowest BCUT2D eigenvalue weighted by Gasteiger charge is -2.19. The number of anilines is 1. The normalized spacial score (nSPS) is 21.6. The third-order valence-corrected chi connectivity index (χ3v) is 3.26. The number of amides is 2. The monoisotopic (exact) mass is 282 g/mol. The summed E-state index contributed by atoms with van der Waals surface area (Å²) in [6.07, 6.45) is 5.79.